The van der Waals surface area contributed by atoms with E-state index in [-0.39, 0.29) is 11.9 Å². The molecule has 5 nitrogen and oxygen atoms in total. The van der Waals surface area contributed by atoms with Gasteiger partial charge in [0.2, 0.25) is 5.82 Å². The Labute approximate surface area is 104 Å². The lowest BCUT2D eigenvalue weighted by molar-refractivity contribution is 0.0684. The molecular weight excluding hydrogens is 230 g/mol. The van der Waals surface area contributed by atoms with Crippen molar-refractivity contribution in [2.24, 2.45) is 0 Å². The number of fused-ring (bicyclic) bond motifs is 1. The molecule has 0 saturated carbocycles. The molecule has 0 saturated heterocycles. The zero-order valence-corrected chi connectivity index (χ0v) is 9.92. The molecule has 1 aromatic carbocycles. The summed E-state index contributed by atoms with van der Waals surface area (Å²) in [6.07, 6.45) is 1.72. The SMILES string of the molecule is C=CC(C)Nc1nc(C(=O)O)nc2ccccc12. The summed E-state index contributed by atoms with van der Waals surface area (Å²) in [7, 11) is 0. The van der Waals surface area contributed by atoms with Crippen molar-refractivity contribution in [3.8, 4) is 0 Å². The van der Waals surface area contributed by atoms with E-state index in [4.69, 9.17) is 5.11 Å². The predicted molar refractivity (Wildman–Crippen MR) is 69.8 cm³/mol. The number of aromatic carboxylic acids is 1. The third-order valence-corrected chi connectivity index (χ3v) is 2.51. The summed E-state index contributed by atoms with van der Waals surface area (Å²) < 4.78 is 0. The number of nitrogens with zero attached hydrogens (tertiary/aromatic N) is 2. The van der Waals surface area contributed by atoms with Gasteiger partial charge >= 0.3 is 5.97 Å². The van der Waals surface area contributed by atoms with Gasteiger partial charge in [-0.05, 0) is 19.1 Å². The van der Waals surface area contributed by atoms with E-state index >= 15 is 0 Å². The number of carbonyl (C=O) groups is 1. The van der Waals surface area contributed by atoms with Gasteiger partial charge < -0.3 is 10.4 Å². The zero-order valence-electron chi connectivity index (χ0n) is 9.92. The molecule has 2 N–H and O–H groups in total. The van der Waals surface area contributed by atoms with E-state index < -0.39 is 5.97 Å². The number of hydrogen-bond donors (Lipinski definition) is 2. The maximum atomic E-state index is 11.0. The van der Waals surface area contributed by atoms with Crippen molar-refractivity contribution in [1.82, 2.24) is 9.97 Å². The molecule has 18 heavy (non-hydrogen) atoms. The van der Waals surface area contributed by atoms with Crippen LogP contribution in [0.3, 0.4) is 0 Å². The topological polar surface area (TPSA) is 75.1 Å². The number of aromatic nitrogens is 2. The van der Waals surface area contributed by atoms with E-state index in [1.165, 1.54) is 0 Å². The first-order valence-corrected chi connectivity index (χ1v) is 5.51. The predicted octanol–water partition coefficient (Wildman–Crippen LogP) is 2.31. The van der Waals surface area contributed by atoms with Crippen LogP contribution in [0.25, 0.3) is 10.9 Å². The van der Waals surface area contributed by atoms with Gasteiger partial charge in [-0.2, -0.15) is 0 Å². The Hall–Kier alpha value is -2.43. The average Bonchev–Trinajstić information content (AvgIpc) is 2.38. The number of carboxylic acids is 1. The molecule has 92 valence electrons. The molecule has 5 heteroatoms. The maximum Gasteiger partial charge on any atom is 0.374 e. The van der Waals surface area contributed by atoms with Crippen molar-refractivity contribution < 1.29 is 9.90 Å². The van der Waals surface area contributed by atoms with Gasteiger partial charge in [-0.1, -0.05) is 18.2 Å². The number of nitrogens with one attached hydrogen (secondary N) is 1. The van der Waals surface area contributed by atoms with E-state index in [1.54, 1.807) is 12.1 Å². The van der Waals surface area contributed by atoms with Crippen LogP contribution >= 0.6 is 0 Å². The quantitative estimate of drug-likeness (QED) is 0.806. The summed E-state index contributed by atoms with van der Waals surface area (Å²) in [4.78, 5) is 19.0. The second-order valence-corrected chi connectivity index (χ2v) is 3.89. The largest absolute Gasteiger partial charge is 0.475 e. The second kappa shape index (κ2) is 4.83. The molecule has 0 aliphatic rings. The smallest absolute Gasteiger partial charge is 0.374 e. The number of carboxylic acid groups (broad SMARTS) is 1. The Balaban J connectivity index is 2.60. The van der Waals surface area contributed by atoms with Crippen molar-refractivity contribution in [1.29, 1.82) is 0 Å². The van der Waals surface area contributed by atoms with Crippen LogP contribution in [-0.4, -0.2) is 27.1 Å². The molecule has 1 atom stereocenters. The summed E-state index contributed by atoms with van der Waals surface area (Å²) in [5.74, 6) is -0.854. The molecule has 0 radical (unpaired) electrons. The van der Waals surface area contributed by atoms with Gasteiger partial charge in [0, 0.05) is 11.4 Å². The maximum absolute atomic E-state index is 11.0. The molecule has 0 fully saturated rings. The van der Waals surface area contributed by atoms with Gasteiger partial charge in [0.1, 0.15) is 5.82 Å². The molecule has 2 rings (SSSR count). The highest BCUT2D eigenvalue weighted by Crippen LogP contribution is 2.20. The average molecular weight is 243 g/mol. The van der Waals surface area contributed by atoms with Crippen LogP contribution in [0.1, 0.15) is 17.5 Å². The lowest BCUT2D eigenvalue weighted by Gasteiger charge is -2.12. The lowest BCUT2D eigenvalue weighted by atomic mass is 10.2. The molecule has 1 unspecified atom stereocenters. The van der Waals surface area contributed by atoms with Gasteiger partial charge in [-0.3, -0.25) is 0 Å². The molecule has 0 amide bonds. The van der Waals surface area contributed by atoms with Gasteiger partial charge in [-0.25, -0.2) is 14.8 Å². The Kier molecular flexibility index (Phi) is 3.23. The third-order valence-electron chi connectivity index (χ3n) is 2.51. The Morgan fingerprint density at radius 3 is 2.83 bits per heavy atom. The zero-order chi connectivity index (χ0) is 13.1. The number of para-hydroxylation sites is 1. The highest BCUT2D eigenvalue weighted by Gasteiger charge is 2.13. The number of anilines is 1. The monoisotopic (exact) mass is 243 g/mol. The summed E-state index contributed by atoms with van der Waals surface area (Å²) in [5, 5.41) is 12.9. The number of rotatable bonds is 4. The summed E-state index contributed by atoms with van der Waals surface area (Å²) >= 11 is 0. The van der Waals surface area contributed by atoms with E-state index in [2.05, 4.69) is 21.9 Å². The summed E-state index contributed by atoms with van der Waals surface area (Å²) in [6, 6.07) is 7.26. The molecule has 0 aliphatic carbocycles. The molecule has 0 spiro atoms. The van der Waals surface area contributed by atoms with Crippen molar-refractivity contribution in [2.75, 3.05) is 5.32 Å². The molecule has 2 aromatic rings. The molecule has 0 aliphatic heterocycles. The van der Waals surface area contributed by atoms with Gasteiger partial charge in [-0.15, -0.1) is 6.58 Å². The molecular formula is C13H13N3O2. The highest BCUT2D eigenvalue weighted by molar-refractivity contribution is 5.93. The fraction of sp³-hybridized carbons (Fsp3) is 0.154. The number of benzene rings is 1. The minimum Gasteiger partial charge on any atom is -0.475 e. The van der Waals surface area contributed by atoms with Crippen LogP contribution in [0.4, 0.5) is 5.82 Å². The van der Waals surface area contributed by atoms with Crippen LogP contribution in [0, 0.1) is 0 Å². The van der Waals surface area contributed by atoms with E-state index in [1.807, 2.05) is 25.1 Å². The minimum absolute atomic E-state index is 0.00930. The minimum atomic E-state index is -1.14. The van der Waals surface area contributed by atoms with Crippen LogP contribution in [0.5, 0.6) is 0 Å². The summed E-state index contributed by atoms with van der Waals surface area (Å²) in [6.45, 7) is 5.58. The fourth-order valence-corrected chi connectivity index (χ4v) is 1.56. The van der Waals surface area contributed by atoms with E-state index in [0.29, 0.717) is 11.3 Å². The van der Waals surface area contributed by atoms with Crippen LogP contribution in [0.2, 0.25) is 0 Å². The number of hydrogen-bond acceptors (Lipinski definition) is 4. The van der Waals surface area contributed by atoms with Gasteiger partial charge in [0.05, 0.1) is 5.52 Å². The fourth-order valence-electron chi connectivity index (χ4n) is 1.56. The lowest BCUT2D eigenvalue weighted by Crippen LogP contribution is -2.15. The second-order valence-electron chi connectivity index (χ2n) is 3.89. The first-order valence-electron chi connectivity index (χ1n) is 5.51. The third kappa shape index (κ3) is 2.29. The Bertz CT molecular complexity index is 610. The normalized spacial score (nSPS) is 12.1. The van der Waals surface area contributed by atoms with Gasteiger partial charge in [0.15, 0.2) is 0 Å². The first kappa shape index (κ1) is 12.0. The van der Waals surface area contributed by atoms with E-state index in [9.17, 15) is 4.79 Å². The van der Waals surface area contributed by atoms with Crippen molar-refractivity contribution in [3.05, 3.63) is 42.7 Å². The first-order chi connectivity index (χ1) is 8.61. The van der Waals surface area contributed by atoms with Gasteiger partial charge in [0.25, 0.3) is 0 Å². The van der Waals surface area contributed by atoms with Crippen LogP contribution in [-0.2, 0) is 0 Å². The van der Waals surface area contributed by atoms with Crippen molar-refractivity contribution >= 4 is 22.7 Å². The van der Waals surface area contributed by atoms with E-state index in [0.717, 1.165) is 5.39 Å². The molecule has 1 heterocycles. The standard InChI is InChI=1S/C13H13N3O2/c1-3-8(2)14-11-9-6-4-5-7-10(9)15-12(16-11)13(17)18/h3-8H,1H2,2H3,(H,17,18)(H,14,15,16). The summed E-state index contributed by atoms with van der Waals surface area (Å²) in [5.41, 5.74) is 0.601. The Morgan fingerprint density at radius 2 is 2.17 bits per heavy atom. The van der Waals surface area contributed by atoms with Crippen LogP contribution < -0.4 is 5.32 Å². The highest BCUT2D eigenvalue weighted by atomic mass is 16.4. The molecule has 0 bridgehead atoms. The van der Waals surface area contributed by atoms with Crippen molar-refractivity contribution in [2.45, 2.75) is 13.0 Å². The van der Waals surface area contributed by atoms with Crippen LogP contribution in [0.15, 0.2) is 36.9 Å². The Morgan fingerprint density at radius 1 is 1.44 bits per heavy atom. The molecule has 1 aromatic heterocycles. The van der Waals surface area contributed by atoms with Crippen molar-refractivity contribution in [3.63, 3.8) is 0 Å².